The fraction of sp³-hybridized carbons (Fsp3) is 0.231. The van der Waals surface area contributed by atoms with Crippen LogP contribution < -0.4 is 0 Å². The molecule has 3 heteroatoms. The van der Waals surface area contributed by atoms with Gasteiger partial charge in [0.05, 0.1) is 0 Å². The van der Waals surface area contributed by atoms with Crippen LogP contribution in [0.3, 0.4) is 0 Å². The van der Waals surface area contributed by atoms with E-state index in [9.17, 15) is 0 Å². The van der Waals surface area contributed by atoms with Gasteiger partial charge in [-0.25, -0.2) is 0 Å². The Morgan fingerprint density at radius 2 is 1.56 bits per heavy atom. The van der Waals surface area contributed by atoms with E-state index < -0.39 is 0 Å². The standard InChI is InChI=1S/C6H7N.C5H5NS.C2H6/c1-6-2-4-7-5-3-6;7-5-2-1-3-6-4-5;1-2/h2-5H,1H3;1-4,7H;1-2H3. The maximum absolute atomic E-state index is 4.02. The van der Waals surface area contributed by atoms with Crippen LogP contribution in [-0.4, -0.2) is 9.97 Å². The van der Waals surface area contributed by atoms with E-state index in [0.29, 0.717) is 0 Å². The number of rotatable bonds is 0. The van der Waals surface area contributed by atoms with Crippen LogP contribution in [0.2, 0.25) is 0 Å². The van der Waals surface area contributed by atoms with Crippen molar-refractivity contribution >= 4 is 12.6 Å². The molecule has 0 radical (unpaired) electrons. The molecule has 2 nitrogen and oxygen atoms in total. The minimum atomic E-state index is 0.905. The van der Waals surface area contributed by atoms with Gasteiger partial charge in [-0.2, -0.15) is 0 Å². The van der Waals surface area contributed by atoms with E-state index >= 15 is 0 Å². The predicted octanol–water partition coefficient (Wildman–Crippen LogP) is 3.79. The third kappa shape index (κ3) is 8.00. The summed E-state index contributed by atoms with van der Waals surface area (Å²) in [6.45, 7) is 6.04. The van der Waals surface area contributed by atoms with Crippen LogP contribution in [0.4, 0.5) is 0 Å². The summed E-state index contributed by atoms with van der Waals surface area (Å²) >= 11 is 4.02. The molecule has 0 amide bonds. The number of thiol groups is 1. The van der Waals surface area contributed by atoms with Gasteiger partial charge in [-0.1, -0.05) is 13.8 Å². The van der Waals surface area contributed by atoms with Crippen molar-refractivity contribution < 1.29 is 0 Å². The smallest absolute Gasteiger partial charge is 0.0401 e. The first-order valence-corrected chi connectivity index (χ1v) is 5.69. The van der Waals surface area contributed by atoms with Crippen LogP contribution in [0.5, 0.6) is 0 Å². The van der Waals surface area contributed by atoms with E-state index in [1.54, 1.807) is 24.8 Å². The molecule has 0 aliphatic rings. The molecule has 2 aromatic rings. The average Bonchev–Trinajstić information content (AvgIpc) is 2.34. The van der Waals surface area contributed by atoms with Gasteiger partial charge in [0.15, 0.2) is 0 Å². The molecule has 0 spiro atoms. The van der Waals surface area contributed by atoms with Gasteiger partial charge in [0.25, 0.3) is 0 Å². The van der Waals surface area contributed by atoms with E-state index in [-0.39, 0.29) is 0 Å². The monoisotopic (exact) mass is 234 g/mol. The molecule has 16 heavy (non-hydrogen) atoms. The Balaban J connectivity index is 0.000000244. The van der Waals surface area contributed by atoms with Gasteiger partial charge in [0.2, 0.25) is 0 Å². The Hall–Kier alpha value is -1.35. The van der Waals surface area contributed by atoms with Crippen molar-refractivity contribution in [2.45, 2.75) is 25.7 Å². The zero-order valence-electron chi connectivity index (χ0n) is 9.96. The molecule has 0 aromatic carbocycles. The van der Waals surface area contributed by atoms with Gasteiger partial charge < -0.3 is 0 Å². The summed E-state index contributed by atoms with van der Waals surface area (Å²) in [5.74, 6) is 0. The topological polar surface area (TPSA) is 25.8 Å². The fourth-order valence-electron chi connectivity index (χ4n) is 0.780. The van der Waals surface area contributed by atoms with Gasteiger partial charge in [0, 0.05) is 29.7 Å². The summed E-state index contributed by atoms with van der Waals surface area (Å²) in [5, 5.41) is 0. The van der Waals surface area contributed by atoms with Gasteiger partial charge in [-0.3, -0.25) is 9.97 Å². The number of hydrogen-bond acceptors (Lipinski definition) is 3. The average molecular weight is 234 g/mol. The molecule has 0 aliphatic heterocycles. The third-order valence-electron chi connectivity index (χ3n) is 1.49. The molecule has 2 aromatic heterocycles. The Bertz CT molecular complexity index is 311. The summed E-state index contributed by atoms with van der Waals surface area (Å²) in [6, 6.07) is 7.68. The predicted molar refractivity (Wildman–Crippen MR) is 71.8 cm³/mol. The van der Waals surface area contributed by atoms with Crippen molar-refractivity contribution in [1.29, 1.82) is 0 Å². The largest absolute Gasteiger partial charge is 0.265 e. The van der Waals surface area contributed by atoms with E-state index in [0.717, 1.165) is 4.90 Å². The zero-order valence-corrected chi connectivity index (χ0v) is 10.9. The Morgan fingerprint density at radius 3 is 1.81 bits per heavy atom. The molecule has 0 unspecified atom stereocenters. The van der Waals surface area contributed by atoms with Gasteiger partial charge >= 0.3 is 0 Å². The van der Waals surface area contributed by atoms with Crippen LogP contribution in [0.1, 0.15) is 19.4 Å². The second kappa shape index (κ2) is 10.2. The minimum absolute atomic E-state index is 0.905. The first-order valence-electron chi connectivity index (χ1n) is 5.24. The highest BCUT2D eigenvalue weighted by Gasteiger charge is 1.74. The number of aryl methyl sites for hydroxylation is 1. The van der Waals surface area contributed by atoms with E-state index in [2.05, 4.69) is 22.6 Å². The number of aromatic nitrogens is 2. The second-order valence-corrected chi connectivity index (χ2v) is 3.25. The highest BCUT2D eigenvalue weighted by molar-refractivity contribution is 7.80. The molecule has 0 atom stereocenters. The SMILES string of the molecule is CC.Cc1ccncc1.Sc1cccnc1. The number of nitrogens with zero attached hydrogens (tertiary/aromatic N) is 2. The van der Waals surface area contributed by atoms with Gasteiger partial charge in [-0.05, 0) is 36.8 Å². The zero-order chi connectivity index (χ0) is 12.2. The van der Waals surface area contributed by atoms with Crippen molar-refractivity contribution in [3.63, 3.8) is 0 Å². The highest BCUT2D eigenvalue weighted by Crippen LogP contribution is 1.98. The summed E-state index contributed by atoms with van der Waals surface area (Å²) in [7, 11) is 0. The van der Waals surface area contributed by atoms with E-state index in [1.807, 2.05) is 45.0 Å². The molecule has 2 heterocycles. The summed E-state index contributed by atoms with van der Waals surface area (Å²) in [6.07, 6.45) is 6.99. The van der Waals surface area contributed by atoms with Crippen LogP contribution in [-0.2, 0) is 0 Å². The lowest BCUT2D eigenvalue weighted by Gasteiger charge is -1.82. The fourth-order valence-corrected chi connectivity index (χ4v) is 0.933. The second-order valence-electron chi connectivity index (χ2n) is 2.74. The lowest BCUT2D eigenvalue weighted by molar-refractivity contribution is 1.24. The Morgan fingerprint density at radius 1 is 0.938 bits per heavy atom. The van der Waals surface area contributed by atoms with Crippen molar-refractivity contribution in [3.8, 4) is 0 Å². The lowest BCUT2D eigenvalue weighted by atomic mass is 10.3. The molecule has 0 fully saturated rings. The van der Waals surface area contributed by atoms with Crippen molar-refractivity contribution in [3.05, 3.63) is 54.6 Å². The molecule has 0 aliphatic carbocycles. The van der Waals surface area contributed by atoms with Crippen LogP contribution in [0.15, 0.2) is 53.9 Å². The van der Waals surface area contributed by atoms with Crippen LogP contribution in [0.25, 0.3) is 0 Å². The summed E-state index contributed by atoms with van der Waals surface area (Å²) in [5.41, 5.74) is 1.26. The molecule has 2 rings (SSSR count). The van der Waals surface area contributed by atoms with Crippen LogP contribution in [0, 0.1) is 6.92 Å². The van der Waals surface area contributed by atoms with Crippen molar-refractivity contribution in [2.75, 3.05) is 0 Å². The van der Waals surface area contributed by atoms with Gasteiger partial charge in [0.1, 0.15) is 0 Å². The molecular weight excluding hydrogens is 216 g/mol. The quantitative estimate of drug-likeness (QED) is 0.702. The summed E-state index contributed by atoms with van der Waals surface area (Å²) in [4.78, 5) is 8.56. The first-order chi connectivity index (χ1) is 7.79. The van der Waals surface area contributed by atoms with E-state index in [4.69, 9.17) is 0 Å². The molecule has 0 N–H and O–H groups in total. The van der Waals surface area contributed by atoms with E-state index in [1.165, 1.54) is 5.56 Å². The summed E-state index contributed by atoms with van der Waals surface area (Å²) < 4.78 is 0. The molecule has 0 bridgehead atoms. The van der Waals surface area contributed by atoms with Gasteiger partial charge in [-0.15, -0.1) is 12.6 Å². The van der Waals surface area contributed by atoms with Crippen molar-refractivity contribution in [2.24, 2.45) is 0 Å². The number of hydrogen-bond donors (Lipinski definition) is 1. The normalized spacial score (nSPS) is 8.00. The highest BCUT2D eigenvalue weighted by atomic mass is 32.1. The van der Waals surface area contributed by atoms with Crippen LogP contribution >= 0.6 is 12.6 Å². The maximum Gasteiger partial charge on any atom is 0.0401 e. The third-order valence-corrected chi connectivity index (χ3v) is 1.76. The van der Waals surface area contributed by atoms with Crippen molar-refractivity contribution in [1.82, 2.24) is 9.97 Å². The minimum Gasteiger partial charge on any atom is -0.265 e. The lowest BCUT2D eigenvalue weighted by Crippen LogP contribution is -1.68. The maximum atomic E-state index is 4.02. The molecule has 0 saturated heterocycles. The molecule has 0 saturated carbocycles. The molecular formula is C13H18N2S. The first kappa shape index (κ1) is 14.6. The Labute approximate surface area is 103 Å². The Kier molecular flexibility index (Phi) is 9.32. The molecule has 86 valence electrons. The number of pyridine rings is 2.